The zero-order valence-electron chi connectivity index (χ0n) is 17.4. The largest absolute Gasteiger partial charge is 0.500 e. The lowest BCUT2D eigenvalue weighted by atomic mass is 10.1. The number of carbonyl (C=O) groups excluding carboxylic acids is 2. The third-order valence-electron chi connectivity index (χ3n) is 4.40. The number of amidine groups is 1. The number of phenols is 1. The van der Waals surface area contributed by atoms with Gasteiger partial charge in [-0.2, -0.15) is 0 Å². The molecule has 0 spiro atoms. The number of likely N-dealkylation sites (N-methyl/N-ethyl adjacent to an activating group) is 1. The highest BCUT2D eigenvalue weighted by molar-refractivity contribution is 8.18. The van der Waals surface area contributed by atoms with Crippen LogP contribution in [0.1, 0.15) is 22.8 Å². The van der Waals surface area contributed by atoms with Crippen molar-refractivity contribution >= 4 is 46.3 Å². The Morgan fingerprint density at radius 2 is 2.00 bits per heavy atom. The number of amides is 1. The number of hydrogen-bond acceptors (Lipinski definition) is 9. The molecule has 0 saturated carbocycles. The Hall–Kier alpha value is -3.86. The molecule has 1 aliphatic heterocycles. The van der Waals surface area contributed by atoms with E-state index >= 15 is 0 Å². The van der Waals surface area contributed by atoms with Gasteiger partial charge in [-0.3, -0.25) is 19.8 Å². The first-order chi connectivity index (χ1) is 15.2. The van der Waals surface area contributed by atoms with E-state index in [9.17, 15) is 24.8 Å². The van der Waals surface area contributed by atoms with Crippen molar-refractivity contribution in [3.05, 3.63) is 62.5 Å². The van der Waals surface area contributed by atoms with Crippen molar-refractivity contribution in [1.29, 1.82) is 0 Å². The third-order valence-corrected chi connectivity index (χ3v) is 5.46. The SMILES string of the molecule is CCOC(=O)c1ccc(N=C2SC(=Cc3cc(OC)c(O)c([N+](=O)[O-])c3)C(=O)N2C)cc1. The molecule has 2 aromatic rings. The molecule has 10 nitrogen and oxygen atoms in total. The van der Waals surface area contributed by atoms with Crippen molar-refractivity contribution in [3.63, 3.8) is 0 Å². The molecule has 0 aromatic heterocycles. The lowest BCUT2D eigenvalue weighted by molar-refractivity contribution is -0.386. The molecule has 1 N–H and O–H groups in total. The zero-order chi connectivity index (χ0) is 23.4. The molecule has 0 bridgehead atoms. The average molecular weight is 457 g/mol. The van der Waals surface area contributed by atoms with Crippen LogP contribution in [0.15, 0.2) is 46.3 Å². The maximum absolute atomic E-state index is 12.6. The highest BCUT2D eigenvalue weighted by Gasteiger charge is 2.31. The summed E-state index contributed by atoms with van der Waals surface area (Å²) in [7, 11) is 2.83. The summed E-state index contributed by atoms with van der Waals surface area (Å²) in [4.78, 5) is 40.9. The van der Waals surface area contributed by atoms with Gasteiger partial charge in [-0.05, 0) is 60.7 Å². The molecule has 1 heterocycles. The summed E-state index contributed by atoms with van der Waals surface area (Å²) in [5, 5.41) is 21.5. The molecule has 0 radical (unpaired) electrons. The predicted octanol–water partition coefficient (Wildman–Crippen LogP) is 3.72. The van der Waals surface area contributed by atoms with Crippen LogP contribution in [0.25, 0.3) is 6.08 Å². The first-order valence-corrected chi connectivity index (χ1v) is 10.2. The maximum Gasteiger partial charge on any atom is 0.338 e. The predicted molar refractivity (Wildman–Crippen MR) is 119 cm³/mol. The molecule has 11 heteroatoms. The Bertz CT molecular complexity index is 1140. The van der Waals surface area contributed by atoms with Crippen LogP contribution in [-0.4, -0.2) is 52.7 Å². The van der Waals surface area contributed by atoms with Crippen molar-refractivity contribution in [2.45, 2.75) is 6.92 Å². The molecule has 0 aliphatic carbocycles. The van der Waals surface area contributed by atoms with Crippen molar-refractivity contribution in [2.75, 3.05) is 20.8 Å². The Kier molecular flexibility index (Phi) is 6.79. The fourth-order valence-electron chi connectivity index (χ4n) is 2.79. The highest BCUT2D eigenvalue weighted by atomic mass is 32.2. The third kappa shape index (κ3) is 4.72. The number of nitro groups is 1. The smallest absolute Gasteiger partial charge is 0.338 e. The molecule has 2 aromatic carbocycles. The number of benzene rings is 2. The number of hydrogen-bond donors (Lipinski definition) is 1. The van der Waals surface area contributed by atoms with Gasteiger partial charge in [-0.25, -0.2) is 9.79 Å². The standard InChI is InChI=1S/C21H19N3O7S/c1-4-31-20(27)13-5-7-14(8-6-13)22-21-23(2)19(26)17(32-21)11-12-9-15(24(28)29)18(25)16(10-12)30-3/h5-11,25H,4H2,1-3H3. The topological polar surface area (TPSA) is 132 Å². The van der Waals surface area contributed by atoms with Crippen LogP contribution < -0.4 is 4.74 Å². The summed E-state index contributed by atoms with van der Waals surface area (Å²) in [5.41, 5.74) is 0.706. The first kappa shape index (κ1) is 22.8. The number of rotatable bonds is 6. The molecule has 0 unspecified atom stereocenters. The number of methoxy groups -OCH3 is 1. The number of phenolic OH excluding ortho intramolecular Hbond substituents is 1. The second kappa shape index (κ2) is 9.52. The molecule has 1 aliphatic rings. The van der Waals surface area contributed by atoms with E-state index in [1.54, 1.807) is 38.2 Å². The van der Waals surface area contributed by atoms with Crippen LogP contribution in [0.3, 0.4) is 0 Å². The summed E-state index contributed by atoms with van der Waals surface area (Å²) < 4.78 is 9.93. The van der Waals surface area contributed by atoms with Crippen LogP contribution >= 0.6 is 11.8 Å². The number of aromatic hydroxyl groups is 1. The molecular weight excluding hydrogens is 438 g/mol. The van der Waals surface area contributed by atoms with Gasteiger partial charge in [0.2, 0.25) is 5.75 Å². The van der Waals surface area contributed by atoms with Crippen LogP contribution in [-0.2, 0) is 9.53 Å². The molecular formula is C21H19N3O7S. The lowest BCUT2D eigenvalue weighted by Crippen LogP contribution is -2.23. The minimum Gasteiger partial charge on any atom is -0.500 e. The van der Waals surface area contributed by atoms with E-state index < -0.39 is 22.3 Å². The van der Waals surface area contributed by atoms with E-state index in [2.05, 4.69) is 4.99 Å². The monoisotopic (exact) mass is 457 g/mol. The van der Waals surface area contributed by atoms with Crippen molar-refractivity contribution in [3.8, 4) is 11.5 Å². The van der Waals surface area contributed by atoms with Gasteiger partial charge in [-0.15, -0.1) is 0 Å². The van der Waals surface area contributed by atoms with Gasteiger partial charge in [0.1, 0.15) is 0 Å². The molecule has 3 rings (SSSR count). The number of ether oxygens (including phenoxy) is 2. The van der Waals surface area contributed by atoms with Gasteiger partial charge < -0.3 is 14.6 Å². The Balaban J connectivity index is 1.89. The number of thioether (sulfide) groups is 1. The van der Waals surface area contributed by atoms with E-state index in [0.717, 1.165) is 17.8 Å². The van der Waals surface area contributed by atoms with Crippen molar-refractivity contribution < 1.29 is 29.1 Å². The van der Waals surface area contributed by atoms with Gasteiger partial charge in [0.05, 0.1) is 34.8 Å². The minimum absolute atomic E-state index is 0.0783. The Morgan fingerprint density at radius 3 is 2.59 bits per heavy atom. The number of nitro benzene ring substituents is 1. The van der Waals surface area contributed by atoms with Gasteiger partial charge in [0, 0.05) is 13.1 Å². The van der Waals surface area contributed by atoms with Gasteiger partial charge >= 0.3 is 11.7 Å². The number of nitrogens with zero attached hydrogens (tertiary/aromatic N) is 3. The van der Waals surface area contributed by atoms with E-state index in [-0.39, 0.29) is 23.2 Å². The minimum atomic E-state index is -0.734. The summed E-state index contributed by atoms with van der Waals surface area (Å²) in [6.07, 6.45) is 1.46. The molecule has 32 heavy (non-hydrogen) atoms. The summed E-state index contributed by atoms with van der Waals surface area (Å²) in [6.45, 7) is 2.00. The van der Waals surface area contributed by atoms with Crippen molar-refractivity contribution in [1.82, 2.24) is 4.90 Å². The summed E-state index contributed by atoms with van der Waals surface area (Å²) in [6, 6.07) is 8.98. The molecule has 1 saturated heterocycles. The number of carbonyl (C=O) groups is 2. The lowest BCUT2D eigenvalue weighted by Gasteiger charge is -2.07. The van der Waals surface area contributed by atoms with E-state index in [4.69, 9.17) is 9.47 Å². The maximum atomic E-state index is 12.6. The van der Waals surface area contributed by atoms with Gasteiger partial charge in [0.25, 0.3) is 5.91 Å². The summed E-state index contributed by atoms with van der Waals surface area (Å²) in [5.74, 6) is -1.44. The Labute approximate surface area is 187 Å². The van der Waals surface area contributed by atoms with Crippen LogP contribution in [0.5, 0.6) is 11.5 Å². The zero-order valence-corrected chi connectivity index (χ0v) is 18.2. The van der Waals surface area contributed by atoms with Crippen LogP contribution in [0, 0.1) is 10.1 Å². The second-order valence-electron chi connectivity index (χ2n) is 6.48. The summed E-state index contributed by atoms with van der Waals surface area (Å²) >= 11 is 1.09. The molecule has 1 amide bonds. The van der Waals surface area contributed by atoms with E-state index in [1.807, 2.05) is 0 Å². The van der Waals surface area contributed by atoms with Crippen molar-refractivity contribution in [2.24, 2.45) is 4.99 Å². The fourth-order valence-corrected chi connectivity index (χ4v) is 3.78. The van der Waals surface area contributed by atoms with Gasteiger partial charge in [-0.1, -0.05) is 0 Å². The molecule has 1 fully saturated rings. The molecule has 166 valence electrons. The molecule has 0 atom stereocenters. The van der Waals surface area contributed by atoms with Crippen LogP contribution in [0.4, 0.5) is 11.4 Å². The number of aliphatic imine (C=N–C) groups is 1. The second-order valence-corrected chi connectivity index (χ2v) is 7.49. The van der Waals surface area contributed by atoms with Gasteiger partial charge in [0.15, 0.2) is 10.9 Å². The van der Waals surface area contributed by atoms with E-state index in [1.165, 1.54) is 24.2 Å². The first-order valence-electron chi connectivity index (χ1n) is 9.34. The fraction of sp³-hybridized carbons (Fsp3) is 0.190. The van der Waals surface area contributed by atoms with Crippen LogP contribution in [0.2, 0.25) is 0 Å². The Morgan fingerprint density at radius 1 is 1.31 bits per heavy atom. The highest BCUT2D eigenvalue weighted by Crippen LogP contribution is 2.39. The quantitative estimate of drug-likeness (QED) is 0.300. The normalized spacial score (nSPS) is 16.0. The average Bonchev–Trinajstić information content (AvgIpc) is 3.03. The van der Waals surface area contributed by atoms with E-state index in [0.29, 0.717) is 22.0 Å². The number of esters is 1.